The van der Waals surface area contributed by atoms with Crippen molar-refractivity contribution in [3.63, 3.8) is 0 Å². The summed E-state index contributed by atoms with van der Waals surface area (Å²) in [4.78, 5) is 2.62. The van der Waals surface area contributed by atoms with Gasteiger partial charge in [-0.1, -0.05) is 37.1 Å². The van der Waals surface area contributed by atoms with Crippen molar-refractivity contribution in [3.8, 4) is 0 Å². The van der Waals surface area contributed by atoms with E-state index in [1.54, 1.807) is 0 Å². The molecule has 2 fully saturated rings. The van der Waals surface area contributed by atoms with Gasteiger partial charge in [-0.2, -0.15) is 0 Å². The fraction of sp³-hybridized carbons (Fsp3) is 0.667. The molecule has 1 aromatic rings. The highest BCUT2D eigenvalue weighted by molar-refractivity contribution is 5.22. The minimum absolute atomic E-state index is 0.831. The highest BCUT2D eigenvalue weighted by Gasteiger charge is 2.19. The van der Waals surface area contributed by atoms with Crippen LogP contribution in [0.2, 0.25) is 0 Å². The first kappa shape index (κ1) is 14.1. The van der Waals surface area contributed by atoms with E-state index in [1.165, 1.54) is 69.2 Å². The molecule has 1 heterocycles. The van der Waals surface area contributed by atoms with Crippen LogP contribution >= 0.6 is 0 Å². The van der Waals surface area contributed by atoms with E-state index in [-0.39, 0.29) is 0 Å². The number of rotatable bonds is 6. The fourth-order valence-corrected chi connectivity index (χ4v) is 3.07. The zero-order valence-corrected chi connectivity index (χ0v) is 12.6. The Morgan fingerprint density at radius 1 is 0.900 bits per heavy atom. The smallest absolute Gasteiger partial charge is 0.0233 e. The molecule has 1 saturated carbocycles. The van der Waals surface area contributed by atoms with E-state index < -0.39 is 0 Å². The minimum Gasteiger partial charge on any atom is -0.314 e. The zero-order chi connectivity index (χ0) is 13.6. The number of hydrogen-bond donors (Lipinski definition) is 1. The lowest BCUT2D eigenvalue weighted by atomic mass is 10.1. The Balaban J connectivity index is 1.44. The maximum Gasteiger partial charge on any atom is 0.0233 e. The molecule has 0 atom stereocenters. The topological polar surface area (TPSA) is 15.3 Å². The SMILES string of the molecule is c1cc(CN2CCCCCC2)ccc1CCNC1CC1. The Kier molecular flexibility index (Phi) is 5.10. The van der Waals surface area contributed by atoms with Gasteiger partial charge in [-0.25, -0.2) is 0 Å². The summed E-state index contributed by atoms with van der Waals surface area (Å²) >= 11 is 0. The van der Waals surface area contributed by atoms with Gasteiger partial charge in [0, 0.05) is 12.6 Å². The highest BCUT2D eigenvalue weighted by atomic mass is 15.1. The van der Waals surface area contributed by atoms with Crippen LogP contribution < -0.4 is 5.32 Å². The molecule has 2 nitrogen and oxygen atoms in total. The molecule has 1 saturated heterocycles. The fourth-order valence-electron chi connectivity index (χ4n) is 3.07. The second kappa shape index (κ2) is 7.24. The van der Waals surface area contributed by atoms with E-state index in [4.69, 9.17) is 0 Å². The molecular weight excluding hydrogens is 244 g/mol. The summed E-state index contributed by atoms with van der Waals surface area (Å²) in [6.07, 6.45) is 9.53. The summed E-state index contributed by atoms with van der Waals surface area (Å²) in [5.74, 6) is 0. The largest absolute Gasteiger partial charge is 0.314 e. The molecule has 3 rings (SSSR count). The molecule has 0 amide bonds. The Bertz CT molecular complexity index is 386. The first-order valence-corrected chi connectivity index (χ1v) is 8.44. The third kappa shape index (κ3) is 4.60. The Hall–Kier alpha value is -0.860. The predicted molar refractivity (Wildman–Crippen MR) is 84.9 cm³/mol. The first-order valence-electron chi connectivity index (χ1n) is 8.44. The normalized spacial score (nSPS) is 20.8. The van der Waals surface area contributed by atoms with Crippen molar-refractivity contribution in [2.45, 2.75) is 57.5 Å². The van der Waals surface area contributed by atoms with Crippen LogP contribution in [0.4, 0.5) is 0 Å². The molecule has 2 aliphatic rings. The number of nitrogens with one attached hydrogen (secondary N) is 1. The van der Waals surface area contributed by atoms with E-state index in [0.717, 1.165) is 19.1 Å². The van der Waals surface area contributed by atoms with Gasteiger partial charge in [0.05, 0.1) is 0 Å². The number of nitrogens with zero attached hydrogens (tertiary/aromatic N) is 1. The van der Waals surface area contributed by atoms with Crippen LogP contribution in [0.15, 0.2) is 24.3 Å². The summed E-state index contributed by atoms with van der Waals surface area (Å²) in [7, 11) is 0. The Morgan fingerprint density at radius 2 is 1.55 bits per heavy atom. The van der Waals surface area contributed by atoms with Crippen molar-refractivity contribution in [1.29, 1.82) is 0 Å². The number of likely N-dealkylation sites (tertiary alicyclic amines) is 1. The van der Waals surface area contributed by atoms with Crippen molar-refractivity contribution >= 4 is 0 Å². The molecule has 1 N–H and O–H groups in total. The van der Waals surface area contributed by atoms with Gasteiger partial charge in [-0.15, -0.1) is 0 Å². The standard InChI is InChI=1S/C18H28N2/c1-2-4-14-20(13-3-1)15-17-7-5-16(6-8-17)11-12-19-18-9-10-18/h5-8,18-19H,1-4,9-15H2. The van der Waals surface area contributed by atoms with E-state index >= 15 is 0 Å². The van der Waals surface area contributed by atoms with Crippen molar-refractivity contribution in [1.82, 2.24) is 10.2 Å². The lowest BCUT2D eigenvalue weighted by Crippen LogP contribution is -2.24. The average Bonchev–Trinajstić information content (AvgIpc) is 3.28. The maximum atomic E-state index is 3.58. The van der Waals surface area contributed by atoms with Crippen LogP contribution in [0.25, 0.3) is 0 Å². The molecule has 0 bridgehead atoms. The summed E-state index contributed by atoms with van der Waals surface area (Å²) in [6, 6.07) is 10.1. The van der Waals surface area contributed by atoms with Crippen molar-refractivity contribution in [2.24, 2.45) is 0 Å². The predicted octanol–water partition coefficient (Wildman–Crippen LogP) is 3.36. The van der Waals surface area contributed by atoms with E-state index in [0.29, 0.717) is 0 Å². The Morgan fingerprint density at radius 3 is 2.20 bits per heavy atom. The van der Waals surface area contributed by atoms with Crippen LogP contribution in [-0.4, -0.2) is 30.6 Å². The van der Waals surface area contributed by atoms with Gasteiger partial charge < -0.3 is 5.32 Å². The molecule has 20 heavy (non-hydrogen) atoms. The minimum atomic E-state index is 0.831. The number of benzene rings is 1. The van der Waals surface area contributed by atoms with Crippen LogP contribution in [-0.2, 0) is 13.0 Å². The molecule has 1 aliphatic carbocycles. The van der Waals surface area contributed by atoms with Gasteiger partial charge in [-0.05, 0) is 62.9 Å². The molecule has 0 radical (unpaired) electrons. The maximum absolute atomic E-state index is 3.58. The zero-order valence-electron chi connectivity index (χ0n) is 12.6. The van der Waals surface area contributed by atoms with Gasteiger partial charge in [0.2, 0.25) is 0 Å². The molecular formula is C18H28N2. The van der Waals surface area contributed by atoms with Gasteiger partial charge >= 0.3 is 0 Å². The van der Waals surface area contributed by atoms with Crippen molar-refractivity contribution in [3.05, 3.63) is 35.4 Å². The summed E-state index contributed by atoms with van der Waals surface area (Å²) in [6.45, 7) is 4.84. The monoisotopic (exact) mass is 272 g/mol. The molecule has 1 aromatic carbocycles. The van der Waals surface area contributed by atoms with Gasteiger partial charge in [0.25, 0.3) is 0 Å². The summed E-state index contributed by atoms with van der Waals surface area (Å²) in [5.41, 5.74) is 2.95. The van der Waals surface area contributed by atoms with Crippen LogP contribution in [0.1, 0.15) is 49.7 Å². The quantitative estimate of drug-likeness (QED) is 0.854. The lowest BCUT2D eigenvalue weighted by Gasteiger charge is -2.19. The van der Waals surface area contributed by atoms with Gasteiger partial charge in [-0.3, -0.25) is 4.90 Å². The third-order valence-electron chi connectivity index (χ3n) is 4.55. The molecule has 0 spiro atoms. The second-order valence-electron chi connectivity index (χ2n) is 6.49. The molecule has 1 aliphatic heterocycles. The molecule has 2 heteroatoms. The van der Waals surface area contributed by atoms with E-state index in [1.807, 2.05) is 0 Å². The van der Waals surface area contributed by atoms with Gasteiger partial charge in [0.15, 0.2) is 0 Å². The van der Waals surface area contributed by atoms with Gasteiger partial charge in [0.1, 0.15) is 0 Å². The van der Waals surface area contributed by atoms with Crippen molar-refractivity contribution < 1.29 is 0 Å². The van der Waals surface area contributed by atoms with Crippen LogP contribution in [0.3, 0.4) is 0 Å². The molecule has 0 unspecified atom stereocenters. The molecule has 0 aromatic heterocycles. The second-order valence-corrected chi connectivity index (χ2v) is 6.49. The lowest BCUT2D eigenvalue weighted by molar-refractivity contribution is 0.277. The molecule has 110 valence electrons. The van der Waals surface area contributed by atoms with Crippen LogP contribution in [0.5, 0.6) is 0 Å². The summed E-state index contributed by atoms with van der Waals surface area (Å²) < 4.78 is 0. The third-order valence-corrected chi connectivity index (χ3v) is 4.55. The Labute approximate surface area is 123 Å². The van der Waals surface area contributed by atoms with Crippen LogP contribution in [0, 0.1) is 0 Å². The first-order chi connectivity index (χ1) is 9.90. The number of hydrogen-bond acceptors (Lipinski definition) is 2. The summed E-state index contributed by atoms with van der Waals surface area (Å²) in [5, 5.41) is 3.58. The highest BCUT2D eigenvalue weighted by Crippen LogP contribution is 2.18. The van der Waals surface area contributed by atoms with E-state index in [2.05, 4.69) is 34.5 Å². The van der Waals surface area contributed by atoms with Crippen molar-refractivity contribution in [2.75, 3.05) is 19.6 Å². The van der Waals surface area contributed by atoms with E-state index in [9.17, 15) is 0 Å². The average molecular weight is 272 g/mol.